The molecule has 0 amide bonds. The molecule has 1 aromatic rings. The first-order valence-electron chi connectivity index (χ1n) is 6.93. The van der Waals surface area contributed by atoms with Gasteiger partial charge in [-0.3, -0.25) is 0 Å². The highest BCUT2D eigenvalue weighted by Gasteiger charge is 2.58. The summed E-state index contributed by atoms with van der Waals surface area (Å²) in [7, 11) is 0. The van der Waals surface area contributed by atoms with Gasteiger partial charge in [-0.15, -0.1) is 0 Å². The predicted molar refractivity (Wildman–Crippen MR) is 74.9 cm³/mol. The van der Waals surface area contributed by atoms with Crippen molar-refractivity contribution in [3.63, 3.8) is 0 Å². The highest BCUT2D eigenvalue weighted by atomic mass is 19.1. The van der Waals surface area contributed by atoms with Crippen LogP contribution in [0.5, 0.6) is 0 Å². The Hall–Kier alpha value is -1.83. The molecular formula is C17H16FN. The molecule has 19 heavy (non-hydrogen) atoms. The third kappa shape index (κ3) is 1.40. The Morgan fingerprint density at radius 2 is 2.05 bits per heavy atom. The van der Waals surface area contributed by atoms with Crippen molar-refractivity contribution in [2.24, 2.45) is 0 Å². The lowest BCUT2D eigenvalue weighted by molar-refractivity contribution is 0.627. The van der Waals surface area contributed by atoms with Crippen LogP contribution in [0.15, 0.2) is 53.3 Å². The van der Waals surface area contributed by atoms with Crippen LogP contribution in [-0.4, -0.2) is 5.54 Å². The Bertz CT molecular complexity index is 648. The summed E-state index contributed by atoms with van der Waals surface area (Å²) in [5.41, 5.74) is 6.86. The SMILES string of the molecule is CCCC1=CNC23CC2=C1C=C3c1ccc(F)cc1. The van der Waals surface area contributed by atoms with Crippen molar-refractivity contribution in [1.29, 1.82) is 0 Å². The van der Waals surface area contributed by atoms with Gasteiger partial charge in [-0.1, -0.05) is 25.5 Å². The zero-order chi connectivity index (χ0) is 13.0. The molecule has 0 aromatic heterocycles. The van der Waals surface area contributed by atoms with Crippen molar-refractivity contribution < 1.29 is 4.39 Å². The maximum atomic E-state index is 13.1. The van der Waals surface area contributed by atoms with Crippen molar-refractivity contribution in [3.8, 4) is 0 Å². The van der Waals surface area contributed by atoms with E-state index in [2.05, 4.69) is 24.5 Å². The Morgan fingerprint density at radius 3 is 2.79 bits per heavy atom. The van der Waals surface area contributed by atoms with Gasteiger partial charge in [-0.05, 0) is 52.5 Å². The van der Waals surface area contributed by atoms with E-state index in [1.165, 1.54) is 22.3 Å². The smallest absolute Gasteiger partial charge is 0.123 e. The van der Waals surface area contributed by atoms with E-state index in [9.17, 15) is 4.39 Å². The van der Waals surface area contributed by atoms with Gasteiger partial charge in [0.1, 0.15) is 5.82 Å². The minimum Gasteiger partial charge on any atom is -0.377 e. The summed E-state index contributed by atoms with van der Waals surface area (Å²) in [5.74, 6) is -0.173. The van der Waals surface area contributed by atoms with Crippen LogP contribution >= 0.6 is 0 Å². The first-order chi connectivity index (χ1) is 9.24. The second-order valence-corrected chi connectivity index (χ2v) is 5.60. The van der Waals surface area contributed by atoms with E-state index in [1.807, 2.05) is 12.1 Å². The molecule has 0 saturated heterocycles. The molecule has 96 valence electrons. The van der Waals surface area contributed by atoms with Gasteiger partial charge >= 0.3 is 0 Å². The van der Waals surface area contributed by atoms with Crippen LogP contribution in [0.1, 0.15) is 31.7 Å². The van der Waals surface area contributed by atoms with Gasteiger partial charge in [-0.2, -0.15) is 0 Å². The minimum atomic E-state index is -0.173. The molecule has 2 bridgehead atoms. The molecule has 2 aliphatic carbocycles. The van der Waals surface area contributed by atoms with E-state index in [4.69, 9.17) is 0 Å². The van der Waals surface area contributed by atoms with Crippen molar-refractivity contribution >= 4 is 5.57 Å². The average Bonchev–Trinajstić information content (AvgIpc) is 3.11. The van der Waals surface area contributed by atoms with Crippen LogP contribution in [0, 0.1) is 5.82 Å². The maximum Gasteiger partial charge on any atom is 0.123 e. The molecule has 3 aliphatic rings. The molecular weight excluding hydrogens is 237 g/mol. The number of allylic oxidation sites excluding steroid dienone is 3. The summed E-state index contributed by atoms with van der Waals surface area (Å²) in [5, 5.41) is 3.58. The molecule has 1 aliphatic heterocycles. The van der Waals surface area contributed by atoms with Gasteiger partial charge in [-0.25, -0.2) is 4.39 Å². The first kappa shape index (κ1) is 11.0. The van der Waals surface area contributed by atoms with Crippen LogP contribution in [-0.2, 0) is 0 Å². The quantitative estimate of drug-likeness (QED) is 0.860. The van der Waals surface area contributed by atoms with E-state index in [0.717, 1.165) is 24.8 Å². The minimum absolute atomic E-state index is 0.0460. The van der Waals surface area contributed by atoms with E-state index in [1.54, 1.807) is 12.1 Å². The number of hydrogen-bond acceptors (Lipinski definition) is 1. The van der Waals surface area contributed by atoms with Gasteiger partial charge in [0, 0.05) is 12.6 Å². The van der Waals surface area contributed by atoms with Gasteiger partial charge in [0.05, 0.1) is 5.54 Å². The van der Waals surface area contributed by atoms with Crippen molar-refractivity contribution in [3.05, 3.63) is 64.6 Å². The number of rotatable bonds is 3. The van der Waals surface area contributed by atoms with Crippen molar-refractivity contribution in [1.82, 2.24) is 5.32 Å². The van der Waals surface area contributed by atoms with Crippen molar-refractivity contribution in [2.45, 2.75) is 31.7 Å². The molecule has 0 spiro atoms. The molecule has 2 heteroatoms. The Kier molecular flexibility index (Phi) is 2.09. The van der Waals surface area contributed by atoms with Crippen LogP contribution in [0.3, 0.4) is 0 Å². The lowest BCUT2D eigenvalue weighted by Gasteiger charge is -2.19. The number of benzene rings is 1. The fraction of sp³-hybridized carbons (Fsp3) is 0.294. The highest BCUT2D eigenvalue weighted by Crippen LogP contribution is 2.61. The largest absolute Gasteiger partial charge is 0.377 e. The number of dihydropyridines is 1. The lowest BCUT2D eigenvalue weighted by atomic mass is 9.98. The molecule has 1 N–H and O–H groups in total. The second-order valence-electron chi connectivity index (χ2n) is 5.60. The van der Waals surface area contributed by atoms with Gasteiger partial charge in [0.2, 0.25) is 0 Å². The molecule has 1 nitrogen and oxygen atoms in total. The summed E-state index contributed by atoms with van der Waals surface area (Å²) in [6, 6.07) is 6.85. The topological polar surface area (TPSA) is 12.0 Å². The van der Waals surface area contributed by atoms with Crippen molar-refractivity contribution in [2.75, 3.05) is 0 Å². The predicted octanol–water partition coefficient (Wildman–Crippen LogP) is 3.95. The standard InChI is InChI=1S/C17H16FN/c1-2-3-12-10-19-17-9-16(17)14(12)8-15(17)11-4-6-13(18)7-5-11/h4-8,10,19H,2-3,9H2,1H3. The monoisotopic (exact) mass is 253 g/mol. The molecule has 1 saturated carbocycles. The van der Waals surface area contributed by atoms with Crippen LogP contribution in [0.4, 0.5) is 4.39 Å². The maximum absolute atomic E-state index is 13.1. The molecule has 1 unspecified atom stereocenters. The third-order valence-electron chi connectivity index (χ3n) is 4.42. The van der Waals surface area contributed by atoms with E-state index < -0.39 is 0 Å². The molecule has 1 atom stereocenters. The molecule has 1 aromatic carbocycles. The molecule has 4 rings (SSSR count). The number of nitrogens with one attached hydrogen (secondary N) is 1. The van der Waals surface area contributed by atoms with Crippen LogP contribution in [0.2, 0.25) is 0 Å². The second kappa shape index (κ2) is 3.60. The zero-order valence-electron chi connectivity index (χ0n) is 11.0. The third-order valence-corrected chi connectivity index (χ3v) is 4.42. The zero-order valence-corrected chi connectivity index (χ0v) is 11.0. The lowest BCUT2D eigenvalue weighted by Crippen LogP contribution is -2.28. The number of halogens is 1. The first-order valence-corrected chi connectivity index (χ1v) is 6.93. The normalized spacial score (nSPS) is 26.6. The van der Waals surface area contributed by atoms with E-state index in [-0.39, 0.29) is 11.4 Å². The Balaban J connectivity index is 1.74. The fourth-order valence-electron chi connectivity index (χ4n) is 3.38. The van der Waals surface area contributed by atoms with E-state index in [0.29, 0.717) is 0 Å². The number of hydrogen-bond donors (Lipinski definition) is 1. The molecule has 1 heterocycles. The summed E-state index contributed by atoms with van der Waals surface area (Å²) >= 11 is 0. The van der Waals surface area contributed by atoms with Gasteiger partial charge < -0.3 is 5.32 Å². The Labute approximate surface area is 112 Å². The molecule has 1 fully saturated rings. The van der Waals surface area contributed by atoms with Crippen LogP contribution < -0.4 is 5.32 Å². The van der Waals surface area contributed by atoms with Gasteiger partial charge in [0.25, 0.3) is 0 Å². The summed E-state index contributed by atoms with van der Waals surface area (Å²) in [6.45, 7) is 2.21. The summed E-state index contributed by atoms with van der Waals surface area (Å²) in [6.07, 6.45) is 7.87. The molecule has 0 radical (unpaired) electrons. The average molecular weight is 253 g/mol. The Morgan fingerprint density at radius 1 is 1.26 bits per heavy atom. The van der Waals surface area contributed by atoms with Gasteiger partial charge in [0.15, 0.2) is 0 Å². The van der Waals surface area contributed by atoms with Crippen LogP contribution in [0.25, 0.3) is 5.57 Å². The van der Waals surface area contributed by atoms with E-state index >= 15 is 0 Å². The fourth-order valence-corrected chi connectivity index (χ4v) is 3.38. The summed E-state index contributed by atoms with van der Waals surface area (Å²) < 4.78 is 13.1. The summed E-state index contributed by atoms with van der Waals surface area (Å²) in [4.78, 5) is 0. The highest BCUT2D eigenvalue weighted by molar-refractivity contribution is 5.92.